The van der Waals surface area contributed by atoms with Crippen LogP contribution in [0.25, 0.3) is 5.57 Å². The van der Waals surface area contributed by atoms with Crippen molar-refractivity contribution in [1.29, 1.82) is 0 Å². The van der Waals surface area contributed by atoms with Gasteiger partial charge in [0.05, 0.1) is 24.5 Å². The fourth-order valence-electron chi connectivity index (χ4n) is 3.12. The highest BCUT2D eigenvalue weighted by molar-refractivity contribution is 6.45. The Hall–Kier alpha value is -2.83. The van der Waals surface area contributed by atoms with Crippen LogP contribution in [-0.2, 0) is 9.59 Å². The molecule has 0 aliphatic carbocycles. The smallest absolute Gasteiger partial charge is 0.282 e. The Labute approximate surface area is 168 Å². The quantitative estimate of drug-likeness (QED) is 0.723. The lowest BCUT2D eigenvalue weighted by molar-refractivity contribution is -0.120. The van der Waals surface area contributed by atoms with Crippen molar-refractivity contribution in [2.24, 2.45) is 0 Å². The van der Waals surface area contributed by atoms with Gasteiger partial charge in [0, 0.05) is 24.7 Å². The second-order valence-electron chi connectivity index (χ2n) is 6.25. The number of carbonyl (C=O) groups excluding carboxylic acids is 2. The number of aliphatic hydroxyl groups excluding tert-OH is 1. The van der Waals surface area contributed by atoms with Crippen LogP contribution in [0.5, 0.6) is 5.75 Å². The fourth-order valence-corrected chi connectivity index (χ4v) is 3.25. The Bertz CT molecular complexity index is 924. The highest BCUT2D eigenvalue weighted by atomic mass is 35.5. The molecule has 2 aromatic rings. The number of imide groups is 1. The normalized spacial score (nSPS) is 14.1. The van der Waals surface area contributed by atoms with Gasteiger partial charge in [0.2, 0.25) is 0 Å². The van der Waals surface area contributed by atoms with Gasteiger partial charge in [-0.05, 0) is 36.8 Å². The van der Waals surface area contributed by atoms with Crippen LogP contribution in [0.4, 0.5) is 5.69 Å². The van der Waals surface area contributed by atoms with Crippen molar-refractivity contribution >= 4 is 34.7 Å². The van der Waals surface area contributed by atoms with E-state index in [4.69, 9.17) is 16.3 Å². The van der Waals surface area contributed by atoms with Crippen LogP contribution >= 0.6 is 11.6 Å². The lowest BCUT2D eigenvalue weighted by Gasteiger charge is -2.20. The molecule has 3 rings (SSSR count). The van der Waals surface area contributed by atoms with Crippen molar-refractivity contribution in [2.75, 3.05) is 31.7 Å². The second kappa shape index (κ2) is 8.46. The van der Waals surface area contributed by atoms with E-state index >= 15 is 0 Å². The molecular formula is C21H21ClN2O4. The van der Waals surface area contributed by atoms with Gasteiger partial charge in [-0.25, -0.2) is 4.90 Å². The number of halogens is 1. The number of ether oxygens (including phenoxy) is 1. The maximum atomic E-state index is 13.3. The monoisotopic (exact) mass is 400 g/mol. The summed E-state index contributed by atoms with van der Waals surface area (Å²) >= 11 is 5.97. The van der Waals surface area contributed by atoms with Crippen molar-refractivity contribution < 1.29 is 19.4 Å². The van der Waals surface area contributed by atoms with Gasteiger partial charge >= 0.3 is 0 Å². The third-order valence-electron chi connectivity index (χ3n) is 4.40. The number of carbonyl (C=O) groups is 2. The van der Waals surface area contributed by atoms with Crippen molar-refractivity contribution in [1.82, 2.24) is 4.90 Å². The lowest BCUT2D eigenvalue weighted by Crippen LogP contribution is -2.34. The number of nitrogens with zero attached hydrogens (tertiary/aromatic N) is 2. The zero-order valence-electron chi connectivity index (χ0n) is 15.7. The summed E-state index contributed by atoms with van der Waals surface area (Å²) < 4.78 is 5.49. The summed E-state index contributed by atoms with van der Waals surface area (Å²) in [4.78, 5) is 29.2. The van der Waals surface area contributed by atoms with Crippen LogP contribution < -0.4 is 9.64 Å². The number of likely N-dealkylation sites (N-methyl/N-ethyl adjacent to an activating group) is 1. The molecule has 28 heavy (non-hydrogen) atoms. The Morgan fingerprint density at radius 3 is 2.46 bits per heavy atom. The maximum absolute atomic E-state index is 13.3. The first-order chi connectivity index (χ1) is 13.5. The van der Waals surface area contributed by atoms with Crippen LogP contribution in [-0.4, -0.2) is 48.6 Å². The number of aliphatic hydroxyl groups is 1. The summed E-state index contributed by atoms with van der Waals surface area (Å²) in [6.45, 7) is 2.42. The summed E-state index contributed by atoms with van der Waals surface area (Å²) in [5.41, 5.74) is 1.54. The molecule has 7 heteroatoms. The van der Waals surface area contributed by atoms with Gasteiger partial charge in [-0.15, -0.1) is 0 Å². The van der Waals surface area contributed by atoms with Gasteiger partial charge in [0.15, 0.2) is 0 Å². The first-order valence-electron chi connectivity index (χ1n) is 8.91. The molecule has 2 aromatic carbocycles. The van der Waals surface area contributed by atoms with E-state index in [9.17, 15) is 14.7 Å². The zero-order valence-corrected chi connectivity index (χ0v) is 16.4. The van der Waals surface area contributed by atoms with Gasteiger partial charge in [-0.1, -0.05) is 29.8 Å². The van der Waals surface area contributed by atoms with Gasteiger partial charge < -0.3 is 14.7 Å². The molecule has 1 N–H and O–H groups in total. The predicted octanol–water partition coefficient (Wildman–Crippen LogP) is 2.95. The molecule has 1 aliphatic heterocycles. The van der Waals surface area contributed by atoms with E-state index in [1.807, 2.05) is 6.92 Å². The number of rotatable bonds is 7. The maximum Gasteiger partial charge on any atom is 0.282 e. The third-order valence-corrected chi connectivity index (χ3v) is 4.65. The topological polar surface area (TPSA) is 70.1 Å². The summed E-state index contributed by atoms with van der Waals surface area (Å²) in [5, 5.41) is 9.85. The standard InChI is InChI=1S/C21H21ClN2O4/c1-3-28-17-6-4-5-16(13-17)24-20(26)18(14-7-9-15(22)10-8-14)19(21(24)27)23(2)11-12-25/h4-10,13,25H,3,11-12H2,1-2H3. The molecule has 146 valence electrons. The first-order valence-corrected chi connectivity index (χ1v) is 9.29. The number of hydrogen-bond acceptors (Lipinski definition) is 5. The number of amides is 2. The van der Waals surface area contributed by atoms with Gasteiger partial charge in [0.1, 0.15) is 11.4 Å². The Kier molecular flexibility index (Phi) is 6.02. The van der Waals surface area contributed by atoms with E-state index in [0.29, 0.717) is 28.6 Å². The second-order valence-corrected chi connectivity index (χ2v) is 6.69. The van der Waals surface area contributed by atoms with Crippen LogP contribution in [0.15, 0.2) is 54.2 Å². The Balaban J connectivity index is 2.09. The number of benzene rings is 2. The molecular weight excluding hydrogens is 380 g/mol. The first kappa shape index (κ1) is 19.9. The molecule has 0 bridgehead atoms. The molecule has 0 atom stereocenters. The molecule has 0 fully saturated rings. The minimum atomic E-state index is -0.445. The minimum Gasteiger partial charge on any atom is -0.494 e. The summed E-state index contributed by atoms with van der Waals surface area (Å²) in [6, 6.07) is 13.6. The molecule has 0 saturated heterocycles. The average Bonchev–Trinajstić information content (AvgIpc) is 2.93. The van der Waals surface area contributed by atoms with E-state index in [1.165, 1.54) is 0 Å². The molecule has 6 nitrogen and oxygen atoms in total. The largest absolute Gasteiger partial charge is 0.494 e. The van der Waals surface area contributed by atoms with Crippen LogP contribution in [0.2, 0.25) is 5.02 Å². The molecule has 1 heterocycles. The molecule has 0 radical (unpaired) electrons. The number of hydrogen-bond donors (Lipinski definition) is 1. The van der Waals surface area contributed by atoms with E-state index in [0.717, 1.165) is 4.90 Å². The van der Waals surface area contributed by atoms with E-state index in [-0.39, 0.29) is 24.4 Å². The molecule has 1 aliphatic rings. The fraction of sp³-hybridized carbons (Fsp3) is 0.238. The van der Waals surface area contributed by atoms with Gasteiger partial charge in [0.25, 0.3) is 11.8 Å². The Morgan fingerprint density at radius 1 is 1.11 bits per heavy atom. The van der Waals surface area contributed by atoms with Crippen LogP contribution in [0.3, 0.4) is 0 Å². The summed E-state index contributed by atoms with van der Waals surface area (Å²) in [7, 11) is 1.67. The zero-order chi connectivity index (χ0) is 20.3. The number of anilines is 1. The van der Waals surface area contributed by atoms with Crippen LogP contribution in [0, 0.1) is 0 Å². The average molecular weight is 401 g/mol. The highest BCUT2D eigenvalue weighted by Gasteiger charge is 2.41. The van der Waals surface area contributed by atoms with Gasteiger partial charge in [-0.3, -0.25) is 9.59 Å². The van der Waals surface area contributed by atoms with E-state index in [2.05, 4.69) is 0 Å². The van der Waals surface area contributed by atoms with Crippen molar-refractivity contribution in [3.05, 3.63) is 64.8 Å². The van der Waals surface area contributed by atoms with E-state index in [1.54, 1.807) is 60.5 Å². The highest BCUT2D eigenvalue weighted by Crippen LogP contribution is 2.35. The third kappa shape index (κ3) is 3.74. The molecule has 0 unspecified atom stereocenters. The predicted molar refractivity (Wildman–Crippen MR) is 108 cm³/mol. The molecule has 0 spiro atoms. The van der Waals surface area contributed by atoms with Crippen molar-refractivity contribution in [3.8, 4) is 5.75 Å². The van der Waals surface area contributed by atoms with Crippen LogP contribution in [0.1, 0.15) is 12.5 Å². The summed E-state index contributed by atoms with van der Waals surface area (Å²) in [6.07, 6.45) is 0. The van der Waals surface area contributed by atoms with E-state index < -0.39 is 11.8 Å². The van der Waals surface area contributed by atoms with Crippen molar-refractivity contribution in [3.63, 3.8) is 0 Å². The minimum absolute atomic E-state index is 0.144. The Morgan fingerprint density at radius 2 is 1.82 bits per heavy atom. The lowest BCUT2D eigenvalue weighted by atomic mass is 10.0. The van der Waals surface area contributed by atoms with Gasteiger partial charge in [-0.2, -0.15) is 0 Å². The summed E-state index contributed by atoms with van der Waals surface area (Å²) in [5.74, 6) is -0.300. The molecule has 0 aromatic heterocycles. The molecule has 0 saturated carbocycles. The molecule has 2 amide bonds. The van der Waals surface area contributed by atoms with Crippen molar-refractivity contribution in [2.45, 2.75) is 6.92 Å². The SMILES string of the molecule is CCOc1cccc(N2C(=O)C(c3ccc(Cl)cc3)=C(N(C)CCO)C2=O)c1.